The zero-order valence-electron chi connectivity index (χ0n) is 17.9. The molecular weight excluding hydrogens is 382 g/mol. The molecule has 160 valence electrons. The largest absolute Gasteiger partial charge is 0.490 e. The standard InChI is InChI=1S/C23H29N3O4/c1-4-29-20-11-10-18(14-21(20)30-5-2)24-22(27)15-25(3)16-23(28)26-13-12-17-8-6-7-9-19(17)26/h6-11,14H,4-5,12-13,15-16H2,1-3H3,(H,24,27)/p+1. The molecule has 2 amide bonds. The molecule has 7 nitrogen and oxygen atoms in total. The van der Waals surface area contributed by atoms with Gasteiger partial charge in [-0.15, -0.1) is 0 Å². The Hall–Kier alpha value is -3.06. The molecule has 0 aromatic heterocycles. The Kier molecular flexibility index (Phi) is 7.30. The van der Waals surface area contributed by atoms with Crippen molar-refractivity contribution >= 4 is 23.2 Å². The number of hydrogen-bond acceptors (Lipinski definition) is 4. The summed E-state index contributed by atoms with van der Waals surface area (Å²) in [7, 11) is 1.85. The first-order valence-corrected chi connectivity index (χ1v) is 10.4. The molecule has 1 atom stereocenters. The maximum atomic E-state index is 12.7. The highest BCUT2D eigenvalue weighted by Crippen LogP contribution is 2.30. The lowest BCUT2D eigenvalue weighted by molar-refractivity contribution is -0.862. The molecule has 3 rings (SSSR count). The quantitative estimate of drug-likeness (QED) is 0.655. The van der Waals surface area contributed by atoms with Gasteiger partial charge in [-0.05, 0) is 44.0 Å². The average Bonchev–Trinajstić information content (AvgIpc) is 3.14. The first-order chi connectivity index (χ1) is 14.5. The second kappa shape index (κ2) is 10.1. The van der Waals surface area contributed by atoms with Crippen LogP contribution in [0, 0.1) is 0 Å². The van der Waals surface area contributed by atoms with Gasteiger partial charge in [0, 0.05) is 24.0 Å². The average molecular weight is 413 g/mol. The van der Waals surface area contributed by atoms with Crippen molar-refractivity contribution in [3.05, 3.63) is 48.0 Å². The lowest BCUT2D eigenvalue weighted by Crippen LogP contribution is -3.11. The fourth-order valence-electron chi connectivity index (χ4n) is 3.62. The third-order valence-corrected chi connectivity index (χ3v) is 4.93. The van der Waals surface area contributed by atoms with Crippen LogP contribution >= 0.6 is 0 Å². The van der Waals surface area contributed by atoms with E-state index in [-0.39, 0.29) is 24.9 Å². The molecule has 0 radical (unpaired) electrons. The fourth-order valence-corrected chi connectivity index (χ4v) is 3.62. The zero-order valence-corrected chi connectivity index (χ0v) is 17.9. The predicted octanol–water partition coefficient (Wildman–Crippen LogP) is 1.53. The molecule has 0 saturated carbocycles. The van der Waals surface area contributed by atoms with E-state index in [1.165, 1.54) is 5.56 Å². The number of amides is 2. The van der Waals surface area contributed by atoms with Crippen LogP contribution in [0.3, 0.4) is 0 Å². The van der Waals surface area contributed by atoms with Gasteiger partial charge in [0.05, 0.1) is 20.3 Å². The van der Waals surface area contributed by atoms with Crippen molar-refractivity contribution in [1.82, 2.24) is 0 Å². The second-order valence-electron chi connectivity index (χ2n) is 7.31. The molecule has 2 N–H and O–H groups in total. The Labute approximate surface area is 177 Å². The minimum Gasteiger partial charge on any atom is -0.490 e. The first-order valence-electron chi connectivity index (χ1n) is 10.4. The fraction of sp³-hybridized carbons (Fsp3) is 0.391. The van der Waals surface area contributed by atoms with Gasteiger partial charge in [-0.2, -0.15) is 0 Å². The van der Waals surface area contributed by atoms with E-state index < -0.39 is 0 Å². The van der Waals surface area contributed by atoms with Gasteiger partial charge in [-0.3, -0.25) is 9.59 Å². The maximum Gasteiger partial charge on any atom is 0.282 e. The SMILES string of the molecule is CCOc1ccc(NC(=O)C[NH+](C)CC(=O)N2CCc3ccccc32)cc1OCC. The van der Waals surface area contributed by atoms with Gasteiger partial charge in [0.15, 0.2) is 24.6 Å². The summed E-state index contributed by atoms with van der Waals surface area (Å²) in [6, 6.07) is 13.3. The van der Waals surface area contributed by atoms with Gasteiger partial charge in [-0.1, -0.05) is 18.2 Å². The Morgan fingerprint density at radius 3 is 2.53 bits per heavy atom. The van der Waals surface area contributed by atoms with Crippen molar-refractivity contribution in [2.75, 3.05) is 50.1 Å². The van der Waals surface area contributed by atoms with Gasteiger partial charge >= 0.3 is 0 Å². The number of para-hydroxylation sites is 1. The Balaban J connectivity index is 1.55. The minimum absolute atomic E-state index is 0.0324. The lowest BCUT2D eigenvalue weighted by atomic mass is 10.2. The van der Waals surface area contributed by atoms with Crippen molar-refractivity contribution in [2.45, 2.75) is 20.3 Å². The number of carbonyl (C=O) groups is 2. The number of anilines is 2. The van der Waals surface area contributed by atoms with Crippen LogP contribution in [0.4, 0.5) is 11.4 Å². The number of fused-ring (bicyclic) bond motifs is 1. The number of hydrogen-bond donors (Lipinski definition) is 2. The topological polar surface area (TPSA) is 72.3 Å². The molecule has 0 bridgehead atoms. The van der Waals surface area contributed by atoms with Crippen molar-refractivity contribution in [2.24, 2.45) is 0 Å². The third kappa shape index (κ3) is 5.30. The normalized spacial score (nSPS) is 13.5. The van der Waals surface area contributed by atoms with Crippen LogP contribution in [-0.4, -0.2) is 51.7 Å². The molecule has 1 aliphatic rings. The predicted molar refractivity (Wildman–Crippen MR) is 117 cm³/mol. The van der Waals surface area contributed by atoms with Crippen LogP contribution in [0.5, 0.6) is 11.5 Å². The van der Waals surface area contributed by atoms with Gasteiger partial charge in [0.25, 0.3) is 11.8 Å². The molecular formula is C23H30N3O4+. The summed E-state index contributed by atoms with van der Waals surface area (Å²) in [5.74, 6) is 1.12. The number of carbonyl (C=O) groups excluding carboxylic acids is 2. The van der Waals surface area contributed by atoms with Crippen molar-refractivity contribution in [3.63, 3.8) is 0 Å². The number of benzene rings is 2. The molecule has 0 saturated heterocycles. The number of nitrogens with one attached hydrogen (secondary N) is 2. The summed E-state index contributed by atoms with van der Waals surface area (Å²) in [5.41, 5.74) is 2.82. The smallest absolute Gasteiger partial charge is 0.282 e. The zero-order chi connectivity index (χ0) is 21.5. The second-order valence-corrected chi connectivity index (χ2v) is 7.31. The monoisotopic (exact) mass is 412 g/mol. The Morgan fingerprint density at radius 2 is 1.77 bits per heavy atom. The van der Waals surface area contributed by atoms with Gasteiger partial charge in [0.2, 0.25) is 0 Å². The summed E-state index contributed by atoms with van der Waals surface area (Å²) in [6.07, 6.45) is 0.876. The van der Waals surface area contributed by atoms with Crippen LogP contribution in [0.25, 0.3) is 0 Å². The highest BCUT2D eigenvalue weighted by atomic mass is 16.5. The van der Waals surface area contributed by atoms with Crippen LogP contribution in [0.2, 0.25) is 0 Å². The minimum atomic E-state index is -0.159. The number of nitrogens with zero attached hydrogens (tertiary/aromatic N) is 1. The molecule has 1 aliphatic heterocycles. The summed E-state index contributed by atoms with van der Waals surface area (Å²) in [4.78, 5) is 27.8. The molecule has 0 spiro atoms. The molecule has 1 unspecified atom stereocenters. The number of quaternary nitrogens is 1. The van der Waals surface area contributed by atoms with E-state index in [2.05, 4.69) is 11.4 Å². The molecule has 1 heterocycles. The van der Waals surface area contributed by atoms with Crippen LogP contribution in [0.15, 0.2) is 42.5 Å². The Bertz CT molecular complexity index is 900. The van der Waals surface area contributed by atoms with Crippen molar-refractivity contribution in [1.29, 1.82) is 0 Å². The molecule has 0 aliphatic carbocycles. The highest BCUT2D eigenvalue weighted by Gasteiger charge is 2.26. The van der Waals surface area contributed by atoms with Gasteiger partial charge in [-0.25, -0.2) is 0 Å². The first kappa shape index (κ1) is 21.6. The summed E-state index contributed by atoms with van der Waals surface area (Å²) >= 11 is 0. The van der Waals surface area contributed by atoms with Crippen LogP contribution in [0.1, 0.15) is 19.4 Å². The molecule has 30 heavy (non-hydrogen) atoms. The van der Waals surface area contributed by atoms with Crippen molar-refractivity contribution in [3.8, 4) is 11.5 Å². The van der Waals surface area contributed by atoms with E-state index in [4.69, 9.17) is 9.47 Å². The summed E-state index contributed by atoms with van der Waals surface area (Å²) in [6.45, 7) is 6.00. The molecule has 2 aromatic rings. The molecule has 2 aromatic carbocycles. The lowest BCUT2D eigenvalue weighted by Gasteiger charge is -2.20. The van der Waals surface area contributed by atoms with E-state index in [9.17, 15) is 9.59 Å². The van der Waals surface area contributed by atoms with Crippen LogP contribution in [-0.2, 0) is 16.0 Å². The summed E-state index contributed by atoms with van der Waals surface area (Å²) < 4.78 is 11.1. The molecule has 7 heteroatoms. The van der Waals surface area contributed by atoms with E-state index >= 15 is 0 Å². The maximum absolute atomic E-state index is 12.7. The number of rotatable bonds is 9. The van der Waals surface area contributed by atoms with E-state index in [1.54, 1.807) is 18.2 Å². The van der Waals surface area contributed by atoms with Gasteiger partial charge in [0.1, 0.15) is 0 Å². The van der Waals surface area contributed by atoms with Crippen LogP contribution < -0.4 is 24.6 Å². The summed E-state index contributed by atoms with van der Waals surface area (Å²) in [5, 5.41) is 2.88. The van der Waals surface area contributed by atoms with E-state index in [0.717, 1.165) is 17.0 Å². The third-order valence-electron chi connectivity index (χ3n) is 4.93. The van der Waals surface area contributed by atoms with E-state index in [0.29, 0.717) is 36.9 Å². The number of likely N-dealkylation sites (N-methyl/N-ethyl adjacent to an activating group) is 1. The number of ether oxygens (including phenoxy) is 2. The molecule has 0 fully saturated rings. The Morgan fingerprint density at radius 1 is 1.03 bits per heavy atom. The van der Waals surface area contributed by atoms with Crippen molar-refractivity contribution < 1.29 is 24.0 Å². The van der Waals surface area contributed by atoms with E-state index in [1.807, 2.05) is 44.0 Å². The highest BCUT2D eigenvalue weighted by molar-refractivity contribution is 5.96. The van der Waals surface area contributed by atoms with Gasteiger partial charge < -0.3 is 24.6 Å².